The van der Waals surface area contributed by atoms with E-state index in [2.05, 4.69) is 10.3 Å². The minimum atomic E-state index is -0.936. The zero-order valence-corrected chi connectivity index (χ0v) is 14.9. The Hall–Kier alpha value is -0.630. The summed E-state index contributed by atoms with van der Waals surface area (Å²) in [5, 5.41) is 3.10. The molecule has 6 heteroatoms. The number of hydrogen-bond acceptors (Lipinski definition) is 2. The molecule has 1 atom stereocenters. The Bertz CT molecular complexity index is 452. The number of benzene rings is 1. The van der Waals surface area contributed by atoms with Gasteiger partial charge in [-0.05, 0) is 38.5 Å². The van der Waals surface area contributed by atoms with E-state index in [-0.39, 0.29) is 29.5 Å². The van der Waals surface area contributed by atoms with E-state index in [0.717, 1.165) is 10.5 Å². The van der Waals surface area contributed by atoms with Crippen molar-refractivity contribution >= 4 is 40.7 Å². The lowest BCUT2D eigenvalue weighted by Crippen LogP contribution is -2.44. The molecule has 4 nitrogen and oxygen atoms in total. The first-order chi connectivity index (χ1) is 8.28. The average molecular weight is 395 g/mol. The SMILES string of the molecule is CS(=O)c1ccc(CN=C(N)NC(C)(C)C)cc1.I. The first-order valence-electron chi connectivity index (χ1n) is 5.78. The van der Waals surface area contributed by atoms with Crippen LogP contribution in [-0.2, 0) is 17.3 Å². The van der Waals surface area contributed by atoms with Crippen molar-refractivity contribution in [3.8, 4) is 0 Å². The summed E-state index contributed by atoms with van der Waals surface area (Å²) in [6.45, 7) is 6.60. The van der Waals surface area contributed by atoms with Crippen molar-refractivity contribution in [1.82, 2.24) is 5.32 Å². The second-order valence-corrected chi connectivity index (χ2v) is 6.55. The van der Waals surface area contributed by atoms with E-state index in [1.54, 1.807) is 6.26 Å². The van der Waals surface area contributed by atoms with Gasteiger partial charge in [-0.2, -0.15) is 0 Å². The van der Waals surface area contributed by atoms with Gasteiger partial charge in [0.25, 0.3) is 0 Å². The molecule has 0 heterocycles. The molecular formula is C13H22IN3OS. The molecule has 0 bridgehead atoms. The van der Waals surface area contributed by atoms with Crippen LogP contribution in [0.25, 0.3) is 0 Å². The van der Waals surface area contributed by atoms with Gasteiger partial charge in [0.1, 0.15) is 0 Å². The Kier molecular flexibility index (Phi) is 7.58. The van der Waals surface area contributed by atoms with Gasteiger partial charge in [0, 0.05) is 27.5 Å². The summed E-state index contributed by atoms with van der Waals surface area (Å²) in [7, 11) is -0.936. The van der Waals surface area contributed by atoms with Gasteiger partial charge in [0.15, 0.2) is 5.96 Å². The average Bonchev–Trinajstić information content (AvgIpc) is 2.24. The summed E-state index contributed by atoms with van der Waals surface area (Å²) >= 11 is 0. The molecule has 1 rings (SSSR count). The minimum absolute atomic E-state index is 0. The van der Waals surface area contributed by atoms with E-state index >= 15 is 0 Å². The van der Waals surface area contributed by atoms with Crippen molar-refractivity contribution in [2.24, 2.45) is 10.7 Å². The molecule has 3 N–H and O–H groups in total. The van der Waals surface area contributed by atoms with Crippen LogP contribution in [0.5, 0.6) is 0 Å². The van der Waals surface area contributed by atoms with Gasteiger partial charge in [-0.3, -0.25) is 4.21 Å². The molecule has 108 valence electrons. The van der Waals surface area contributed by atoms with E-state index in [4.69, 9.17) is 5.73 Å². The van der Waals surface area contributed by atoms with Crippen molar-refractivity contribution in [3.05, 3.63) is 29.8 Å². The molecule has 19 heavy (non-hydrogen) atoms. The van der Waals surface area contributed by atoms with Crippen molar-refractivity contribution in [1.29, 1.82) is 0 Å². The summed E-state index contributed by atoms with van der Waals surface area (Å²) in [4.78, 5) is 5.08. The maximum atomic E-state index is 11.2. The third-order valence-electron chi connectivity index (χ3n) is 2.19. The first-order valence-corrected chi connectivity index (χ1v) is 7.34. The molecule has 0 aliphatic carbocycles. The van der Waals surface area contributed by atoms with E-state index in [1.165, 1.54) is 0 Å². The van der Waals surface area contributed by atoms with E-state index < -0.39 is 10.8 Å². The van der Waals surface area contributed by atoms with E-state index in [0.29, 0.717) is 12.5 Å². The highest BCUT2D eigenvalue weighted by Gasteiger charge is 2.09. The highest BCUT2D eigenvalue weighted by atomic mass is 127. The first kappa shape index (κ1) is 18.4. The Labute approximate surface area is 134 Å². The van der Waals surface area contributed by atoms with Crippen LogP contribution in [0.4, 0.5) is 0 Å². The van der Waals surface area contributed by atoms with Crippen LogP contribution in [0.2, 0.25) is 0 Å². The summed E-state index contributed by atoms with van der Waals surface area (Å²) in [5.74, 6) is 0.436. The lowest BCUT2D eigenvalue weighted by atomic mass is 10.1. The number of guanidine groups is 1. The number of nitrogens with one attached hydrogen (secondary N) is 1. The fourth-order valence-corrected chi connectivity index (χ4v) is 1.91. The van der Waals surface area contributed by atoms with Crippen molar-refractivity contribution in [2.75, 3.05) is 6.26 Å². The van der Waals surface area contributed by atoms with Crippen LogP contribution >= 0.6 is 24.0 Å². The van der Waals surface area contributed by atoms with Crippen molar-refractivity contribution < 1.29 is 4.21 Å². The Balaban J connectivity index is 0.00000324. The van der Waals surface area contributed by atoms with E-state index in [1.807, 2.05) is 45.0 Å². The Morgan fingerprint density at radius 3 is 2.26 bits per heavy atom. The van der Waals surface area contributed by atoms with E-state index in [9.17, 15) is 4.21 Å². The number of nitrogens with zero attached hydrogens (tertiary/aromatic N) is 1. The fourth-order valence-electron chi connectivity index (χ4n) is 1.39. The smallest absolute Gasteiger partial charge is 0.189 e. The van der Waals surface area contributed by atoms with Crippen molar-refractivity contribution in [2.45, 2.75) is 37.8 Å². The summed E-state index contributed by atoms with van der Waals surface area (Å²) in [5.41, 5.74) is 6.73. The fraction of sp³-hybridized carbons (Fsp3) is 0.462. The van der Waals surface area contributed by atoms with Crippen LogP contribution in [0.15, 0.2) is 34.2 Å². The standard InChI is InChI=1S/C13H21N3OS.HI/c1-13(2,3)16-12(14)15-9-10-5-7-11(8-6-10)18(4)17;/h5-8H,9H2,1-4H3,(H3,14,15,16);1H. The molecule has 1 unspecified atom stereocenters. The van der Waals surface area contributed by atoms with Crippen LogP contribution in [0.3, 0.4) is 0 Å². The maximum absolute atomic E-state index is 11.2. The van der Waals surface area contributed by atoms with Gasteiger partial charge >= 0.3 is 0 Å². The minimum Gasteiger partial charge on any atom is -0.370 e. The van der Waals surface area contributed by atoms with Crippen LogP contribution < -0.4 is 11.1 Å². The van der Waals surface area contributed by atoms with Gasteiger partial charge in [-0.15, -0.1) is 24.0 Å². The molecule has 0 aliphatic heterocycles. The number of aliphatic imine (C=N–C) groups is 1. The van der Waals surface area contributed by atoms with Gasteiger partial charge in [-0.1, -0.05) is 12.1 Å². The quantitative estimate of drug-likeness (QED) is 0.469. The number of hydrogen-bond donors (Lipinski definition) is 2. The molecule has 0 radical (unpaired) electrons. The third kappa shape index (κ3) is 7.51. The predicted octanol–water partition coefficient (Wildman–Crippen LogP) is 2.24. The van der Waals surface area contributed by atoms with Crippen LogP contribution in [-0.4, -0.2) is 22.0 Å². The van der Waals surface area contributed by atoms with Gasteiger partial charge in [0.05, 0.1) is 6.54 Å². The summed E-state index contributed by atoms with van der Waals surface area (Å²) in [6.07, 6.45) is 1.67. The Morgan fingerprint density at radius 2 is 1.84 bits per heavy atom. The second-order valence-electron chi connectivity index (χ2n) is 5.17. The highest BCUT2D eigenvalue weighted by molar-refractivity contribution is 14.0. The normalized spacial score (nSPS) is 13.6. The number of nitrogens with two attached hydrogens (primary N) is 1. The largest absolute Gasteiger partial charge is 0.370 e. The predicted molar refractivity (Wildman–Crippen MR) is 92.4 cm³/mol. The molecule has 1 aromatic carbocycles. The molecule has 0 saturated heterocycles. The monoisotopic (exact) mass is 395 g/mol. The molecule has 0 amide bonds. The number of rotatable bonds is 3. The molecule has 0 spiro atoms. The summed E-state index contributed by atoms with van der Waals surface area (Å²) in [6, 6.07) is 7.55. The number of halogens is 1. The highest BCUT2D eigenvalue weighted by Crippen LogP contribution is 2.08. The molecular weight excluding hydrogens is 373 g/mol. The zero-order chi connectivity index (χ0) is 13.8. The zero-order valence-electron chi connectivity index (χ0n) is 11.8. The van der Waals surface area contributed by atoms with Gasteiger partial charge in [0.2, 0.25) is 0 Å². The van der Waals surface area contributed by atoms with Crippen LogP contribution in [0.1, 0.15) is 26.3 Å². The van der Waals surface area contributed by atoms with Gasteiger partial charge < -0.3 is 11.1 Å². The Morgan fingerprint density at radius 1 is 1.32 bits per heavy atom. The molecule has 0 aromatic heterocycles. The van der Waals surface area contributed by atoms with Gasteiger partial charge in [-0.25, -0.2) is 4.99 Å². The van der Waals surface area contributed by atoms with Crippen LogP contribution in [0, 0.1) is 0 Å². The van der Waals surface area contributed by atoms with Crippen molar-refractivity contribution in [3.63, 3.8) is 0 Å². The third-order valence-corrected chi connectivity index (χ3v) is 3.13. The maximum Gasteiger partial charge on any atom is 0.189 e. The molecule has 0 fully saturated rings. The summed E-state index contributed by atoms with van der Waals surface area (Å²) < 4.78 is 11.2. The molecule has 0 saturated carbocycles. The lowest BCUT2D eigenvalue weighted by Gasteiger charge is -2.20. The molecule has 0 aliphatic rings. The lowest BCUT2D eigenvalue weighted by molar-refractivity contribution is 0.508. The second kappa shape index (κ2) is 7.84. The topological polar surface area (TPSA) is 67.5 Å². The molecule has 1 aromatic rings.